The molecule has 2 N–H and O–H groups in total. The van der Waals surface area contributed by atoms with Crippen LogP contribution >= 0.6 is 11.3 Å². The summed E-state index contributed by atoms with van der Waals surface area (Å²) in [4.78, 5) is 24.6. The summed E-state index contributed by atoms with van der Waals surface area (Å²) in [5.74, 6) is -6.41. The van der Waals surface area contributed by atoms with Crippen LogP contribution in [0.2, 0.25) is 0 Å². The third kappa shape index (κ3) is 3.23. The summed E-state index contributed by atoms with van der Waals surface area (Å²) in [6.45, 7) is 3.27. The summed E-state index contributed by atoms with van der Waals surface area (Å²) < 4.78 is 30.6. The molecule has 0 spiro atoms. The lowest BCUT2D eigenvalue weighted by Gasteiger charge is -2.06. The van der Waals surface area contributed by atoms with E-state index in [1.165, 1.54) is 6.08 Å². The number of aromatic nitrogens is 1. The van der Waals surface area contributed by atoms with E-state index in [9.17, 15) is 18.4 Å². The third-order valence-corrected chi connectivity index (χ3v) is 2.39. The number of anilines is 1. The predicted octanol–water partition coefficient (Wildman–Crippen LogP) is 2.05. The topological polar surface area (TPSA) is 88.5 Å². The van der Waals surface area contributed by atoms with Gasteiger partial charge in [0.05, 0.1) is 0 Å². The molecule has 1 heterocycles. The fourth-order valence-electron chi connectivity index (χ4n) is 0.843. The smallest absolute Gasteiger partial charge is 0.413 e. The van der Waals surface area contributed by atoms with Crippen molar-refractivity contribution in [2.24, 2.45) is 0 Å². The van der Waals surface area contributed by atoms with Gasteiger partial charge in [0.15, 0.2) is 5.13 Å². The average molecular weight is 278 g/mol. The molecular weight excluding hydrogens is 270 g/mol. The number of aliphatic carboxylic acids is 1. The highest BCUT2D eigenvalue weighted by atomic mass is 32.1. The molecule has 0 bridgehead atoms. The van der Waals surface area contributed by atoms with Crippen molar-refractivity contribution in [3.05, 3.63) is 23.7 Å². The minimum absolute atomic E-state index is 0.0463. The van der Waals surface area contributed by atoms with Gasteiger partial charge in [-0.3, -0.25) is 5.32 Å². The number of nitrogens with zero attached hydrogens (tertiary/aromatic N) is 1. The van der Waals surface area contributed by atoms with Crippen LogP contribution in [0, 0.1) is 0 Å². The highest BCUT2D eigenvalue weighted by Crippen LogP contribution is 2.30. The first-order valence-electron chi connectivity index (χ1n) is 4.49. The van der Waals surface area contributed by atoms with Gasteiger partial charge in [-0.05, 0) is 0 Å². The van der Waals surface area contributed by atoms with Crippen molar-refractivity contribution < 1.29 is 28.2 Å². The van der Waals surface area contributed by atoms with E-state index in [1.54, 1.807) is 0 Å². The van der Waals surface area contributed by atoms with Crippen molar-refractivity contribution in [2.45, 2.75) is 5.92 Å². The Bertz CT molecular complexity index is 475. The number of carboxylic acids is 1. The second-order valence-electron chi connectivity index (χ2n) is 2.93. The van der Waals surface area contributed by atoms with E-state index in [4.69, 9.17) is 5.11 Å². The summed E-state index contributed by atoms with van der Waals surface area (Å²) in [5, 5.41) is 11.0. The zero-order chi connectivity index (χ0) is 13.8. The predicted molar refractivity (Wildman–Crippen MR) is 58.8 cm³/mol. The van der Waals surface area contributed by atoms with E-state index in [0.717, 1.165) is 5.38 Å². The Balaban J connectivity index is 2.72. The largest absolute Gasteiger partial charge is 0.476 e. The molecule has 0 atom stereocenters. The zero-order valence-electron chi connectivity index (χ0n) is 8.85. The molecule has 0 saturated carbocycles. The number of rotatable bonds is 5. The van der Waals surface area contributed by atoms with Crippen molar-refractivity contribution in [3.8, 4) is 0 Å². The van der Waals surface area contributed by atoms with Crippen LogP contribution in [0.4, 0.5) is 18.7 Å². The average Bonchev–Trinajstić information content (AvgIpc) is 2.75. The quantitative estimate of drug-likeness (QED) is 0.805. The summed E-state index contributed by atoms with van der Waals surface area (Å²) in [6, 6.07) is 0. The Morgan fingerprint density at radius 3 is 2.89 bits per heavy atom. The van der Waals surface area contributed by atoms with Crippen LogP contribution in [0.3, 0.4) is 0 Å². The van der Waals surface area contributed by atoms with Gasteiger partial charge in [0.1, 0.15) is 12.3 Å². The lowest BCUT2D eigenvalue weighted by atomic mass is 10.3. The van der Waals surface area contributed by atoms with Gasteiger partial charge in [0, 0.05) is 5.38 Å². The van der Waals surface area contributed by atoms with Crippen LogP contribution in [0.5, 0.6) is 0 Å². The second kappa shape index (κ2) is 5.54. The van der Waals surface area contributed by atoms with Crippen LogP contribution in [-0.2, 0) is 15.5 Å². The monoisotopic (exact) mass is 278 g/mol. The molecular formula is C9H8F2N2O4S. The van der Waals surface area contributed by atoms with E-state index in [-0.39, 0.29) is 11.7 Å². The Morgan fingerprint density at radius 2 is 2.33 bits per heavy atom. The first-order chi connectivity index (χ1) is 8.37. The minimum Gasteiger partial charge on any atom is -0.476 e. The molecule has 0 aromatic carbocycles. The molecule has 0 aliphatic heterocycles. The van der Waals surface area contributed by atoms with Crippen LogP contribution in [0.1, 0.15) is 5.69 Å². The van der Waals surface area contributed by atoms with Crippen molar-refractivity contribution >= 4 is 28.5 Å². The van der Waals surface area contributed by atoms with Crippen molar-refractivity contribution in [1.82, 2.24) is 4.98 Å². The van der Waals surface area contributed by atoms with E-state index >= 15 is 0 Å². The number of nitrogens with one attached hydrogen (secondary N) is 1. The molecule has 0 saturated heterocycles. The molecule has 0 aliphatic rings. The Kier molecular flexibility index (Phi) is 4.32. The number of amides is 1. The number of hydrogen-bond acceptors (Lipinski definition) is 5. The normalized spacial score (nSPS) is 10.8. The fraction of sp³-hybridized carbons (Fsp3) is 0.222. The molecule has 0 aliphatic carbocycles. The van der Waals surface area contributed by atoms with E-state index in [0.29, 0.717) is 11.3 Å². The Labute approximate surface area is 104 Å². The first-order valence-corrected chi connectivity index (χ1v) is 5.37. The number of alkyl halides is 2. The van der Waals surface area contributed by atoms with Gasteiger partial charge in [-0.25, -0.2) is 14.6 Å². The van der Waals surface area contributed by atoms with Gasteiger partial charge < -0.3 is 9.84 Å². The standard InChI is InChI=1S/C9H8F2N2O4S/c1-2-3-17-8(16)13-7-12-5(4-18-7)9(10,11)6(14)15/h2,4H,1,3H2,(H,14,15)(H,12,13,16). The maximum Gasteiger partial charge on any atom is 0.413 e. The zero-order valence-corrected chi connectivity index (χ0v) is 9.67. The van der Waals surface area contributed by atoms with E-state index < -0.39 is 23.7 Å². The number of thiazole rings is 1. The number of carboxylic acid groups (broad SMARTS) is 1. The number of carbonyl (C=O) groups excluding carboxylic acids is 1. The number of hydrogen-bond donors (Lipinski definition) is 2. The highest BCUT2D eigenvalue weighted by Gasteiger charge is 2.43. The highest BCUT2D eigenvalue weighted by molar-refractivity contribution is 7.13. The SMILES string of the molecule is C=CCOC(=O)Nc1nc(C(F)(F)C(=O)O)cs1. The van der Waals surface area contributed by atoms with Crippen LogP contribution in [-0.4, -0.2) is 28.8 Å². The van der Waals surface area contributed by atoms with Gasteiger partial charge in [0.25, 0.3) is 0 Å². The van der Waals surface area contributed by atoms with Crippen LogP contribution in [0.15, 0.2) is 18.0 Å². The van der Waals surface area contributed by atoms with Crippen LogP contribution < -0.4 is 5.32 Å². The van der Waals surface area contributed by atoms with Gasteiger partial charge in [-0.2, -0.15) is 8.78 Å². The molecule has 0 unspecified atom stereocenters. The second-order valence-corrected chi connectivity index (χ2v) is 3.79. The summed E-state index contributed by atoms with van der Waals surface area (Å²) >= 11 is 0.663. The maximum absolute atomic E-state index is 13.0. The molecule has 6 nitrogen and oxygen atoms in total. The van der Waals surface area contributed by atoms with Gasteiger partial charge >= 0.3 is 18.0 Å². The van der Waals surface area contributed by atoms with Crippen LogP contribution in [0.25, 0.3) is 0 Å². The fourth-order valence-corrected chi connectivity index (χ4v) is 1.56. The summed E-state index contributed by atoms with van der Waals surface area (Å²) in [6.07, 6.45) is 0.431. The maximum atomic E-state index is 13.0. The molecule has 0 fully saturated rings. The molecule has 18 heavy (non-hydrogen) atoms. The minimum atomic E-state index is -4.10. The molecule has 0 radical (unpaired) electrons. The summed E-state index contributed by atoms with van der Waals surface area (Å²) in [7, 11) is 0. The van der Waals surface area contributed by atoms with Gasteiger partial charge in [-0.15, -0.1) is 11.3 Å². The van der Waals surface area contributed by atoms with Gasteiger partial charge in [-0.1, -0.05) is 12.7 Å². The lowest BCUT2D eigenvalue weighted by Crippen LogP contribution is -2.25. The molecule has 9 heteroatoms. The molecule has 1 aromatic heterocycles. The molecule has 1 aromatic rings. The van der Waals surface area contributed by atoms with Gasteiger partial charge in [0.2, 0.25) is 0 Å². The van der Waals surface area contributed by atoms with E-state index in [1.807, 2.05) is 0 Å². The van der Waals surface area contributed by atoms with Crippen molar-refractivity contribution in [3.63, 3.8) is 0 Å². The first kappa shape index (κ1) is 14.0. The number of carbonyl (C=O) groups is 2. The molecule has 1 amide bonds. The Morgan fingerprint density at radius 1 is 1.67 bits per heavy atom. The summed E-state index contributed by atoms with van der Waals surface area (Å²) in [5.41, 5.74) is -0.945. The number of halogens is 2. The van der Waals surface area contributed by atoms with Crippen molar-refractivity contribution in [1.29, 1.82) is 0 Å². The molecule has 1 rings (SSSR count). The van der Waals surface area contributed by atoms with E-state index in [2.05, 4.69) is 21.6 Å². The third-order valence-electron chi connectivity index (χ3n) is 1.64. The molecule has 98 valence electrons. The lowest BCUT2D eigenvalue weighted by molar-refractivity contribution is -0.166. The van der Waals surface area contributed by atoms with Crippen molar-refractivity contribution in [2.75, 3.05) is 11.9 Å². The Hall–Kier alpha value is -2.03. The number of ether oxygens (including phenoxy) is 1.